The Labute approximate surface area is 874 Å². The number of carbonyl (C=O) groups excluding carboxylic acids is 4. The standard InChI is InChI=1S/C33H65NO6.C10H18O5.7C9H11N.C8H8O.4CH5N.2CH4/c1-34(26-24-32(35)39-30-22-18-14-10-6-4-8-12-16-20-28-37-2)27-25-33(36)40-31-23-19-15-11-7-5-9-13-17-21-29-38-3;1-3-10(11)15-9-8-14-7-6-13-5-4-12-2;7*1-8(10-2)9-6-4-3-5-7-9;1-7(9)8-5-3-2-4-6-8;4*1-2;;/h4-31H2,1-3H3;3H,1,4-9H2,2H3;7*3-7H,1-2H3;2-6H,1H3;4*2H2,1H3;2*1H4. The number of unbranched alkanes of at least 4 members (excludes halogenated alkanes) is 18. The molecular weight excluding hydrogens is 1800 g/mol. The number of aliphatic imine (C=N–C) groups is 7. The molecule has 0 bridgehead atoms. The van der Waals surface area contributed by atoms with Crippen LogP contribution in [0.2, 0.25) is 0 Å². The van der Waals surface area contributed by atoms with Crippen molar-refractivity contribution in [1.82, 2.24) is 4.90 Å². The number of nitrogens with zero attached hydrogens (tertiary/aromatic N) is 8. The first-order chi connectivity index (χ1) is 69.1. The predicted molar refractivity (Wildman–Crippen MR) is 622 cm³/mol. The number of rotatable bonds is 50. The van der Waals surface area contributed by atoms with E-state index in [1.165, 1.54) is 170 Å². The summed E-state index contributed by atoms with van der Waals surface area (Å²) in [5.74, 6) is -0.611. The van der Waals surface area contributed by atoms with E-state index in [0.29, 0.717) is 72.2 Å². The number of methoxy groups -OCH3 is 3. The van der Waals surface area contributed by atoms with Gasteiger partial charge in [-0.3, -0.25) is 49.3 Å². The molecule has 0 aliphatic heterocycles. The molecule has 0 spiro atoms. The van der Waals surface area contributed by atoms with Crippen LogP contribution in [-0.4, -0.2) is 254 Å². The van der Waals surface area contributed by atoms with Gasteiger partial charge < -0.3 is 65.7 Å². The first-order valence-corrected chi connectivity index (χ1v) is 49.8. The van der Waals surface area contributed by atoms with Crippen molar-refractivity contribution >= 4 is 63.7 Å². The highest BCUT2D eigenvalue weighted by Gasteiger charge is 2.10. The monoisotopic (exact) mass is 2000 g/mol. The number of esters is 3. The molecule has 0 aliphatic carbocycles. The number of ether oxygens (including phenoxy) is 8. The molecule has 0 atom stereocenters. The summed E-state index contributed by atoms with van der Waals surface area (Å²) in [6, 6.07) is 80.3. The van der Waals surface area contributed by atoms with Crippen LogP contribution in [0.4, 0.5) is 0 Å². The van der Waals surface area contributed by atoms with Crippen molar-refractivity contribution in [2.45, 2.75) is 212 Å². The van der Waals surface area contributed by atoms with Gasteiger partial charge in [0.15, 0.2) is 5.78 Å². The lowest BCUT2D eigenvalue weighted by Crippen LogP contribution is -2.26. The molecule has 144 heavy (non-hydrogen) atoms. The van der Waals surface area contributed by atoms with Gasteiger partial charge in [0, 0.05) is 149 Å². The molecule has 0 aliphatic rings. The maximum Gasteiger partial charge on any atom is 0.330 e. The maximum absolute atomic E-state index is 12.0. The lowest BCUT2D eigenvalue weighted by atomic mass is 10.1. The molecule has 0 fully saturated rings. The lowest BCUT2D eigenvalue weighted by Gasteiger charge is -2.15. The number of hydrogen-bond acceptors (Lipinski definition) is 24. The minimum atomic E-state index is -0.435. The minimum absolute atomic E-state index is 0. The third kappa shape index (κ3) is 95.7. The lowest BCUT2D eigenvalue weighted by molar-refractivity contribution is -0.144. The van der Waals surface area contributed by atoms with Crippen molar-refractivity contribution in [2.24, 2.45) is 57.9 Å². The van der Waals surface area contributed by atoms with Crippen LogP contribution in [-0.2, 0) is 52.3 Å². The summed E-state index contributed by atoms with van der Waals surface area (Å²) in [5, 5.41) is 0. The fourth-order valence-electron chi connectivity index (χ4n) is 11.8. The summed E-state index contributed by atoms with van der Waals surface area (Å²) >= 11 is 0. The third-order valence-electron chi connectivity index (χ3n) is 20.7. The van der Waals surface area contributed by atoms with E-state index in [4.69, 9.17) is 37.9 Å². The summed E-state index contributed by atoms with van der Waals surface area (Å²) in [7, 11) is 25.7. The molecule has 0 amide bonds. The smallest absolute Gasteiger partial charge is 0.330 e. The van der Waals surface area contributed by atoms with Crippen molar-refractivity contribution in [3.63, 3.8) is 0 Å². The van der Waals surface area contributed by atoms with Gasteiger partial charge in [-0.25, -0.2) is 4.79 Å². The zero-order chi connectivity index (χ0) is 107. The van der Waals surface area contributed by atoms with E-state index >= 15 is 0 Å². The van der Waals surface area contributed by atoms with Crippen LogP contribution >= 0.6 is 0 Å². The van der Waals surface area contributed by atoms with Gasteiger partial charge >= 0.3 is 17.9 Å². The Kier molecular flexibility index (Phi) is 121. The van der Waals surface area contributed by atoms with E-state index in [1.54, 1.807) is 28.3 Å². The Balaban J connectivity index is -0.000000250. The Morgan fingerprint density at radius 3 is 0.604 bits per heavy atom. The zero-order valence-electron chi connectivity index (χ0n) is 91.7. The van der Waals surface area contributed by atoms with Gasteiger partial charge in [0.2, 0.25) is 0 Å². The van der Waals surface area contributed by atoms with E-state index in [0.717, 1.165) is 90.5 Å². The van der Waals surface area contributed by atoms with E-state index in [2.05, 4.69) is 149 Å². The Hall–Kier alpha value is -11.1. The Morgan fingerprint density at radius 2 is 0.431 bits per heavy atom. The summed E-state index contributed by atoms with van der Waals surface area (Å²) in [6.07, 6.45) is 26.4. The van der Waals surface area contributed by atoms with Crippen molar-refractivity contribution in [1.29, 1.82) is 0 Å². The first kappa shape index (κ1) is 148. The third-order valence-corrected chi connectivity index (χ3v) is 20.7. The normalized spacial score (nSPS) is 10.5. The zero-order valence-corrected chi connectivity index (χ0v) is 91.7. The van der Waals surface area contributed by atoms with E-state index in [9.17, 15) is 19.2 Å². The SMILES string of the molecule is C.C.C=CC(=O)OCCOCCOCCOC.CC(=O)c1ccccc1.CN.CN.CN.CN.CN=C(C)c1ccccc1.CN=C(C)c1ccccc1.CN=C(C)c1ccccc1.CN=C(C)c1ccccc1.CN=C(C)c1ccccc1.CN=C(C)c1ccccc1.CN=C(C)c1ccccc1.COCCCCCCCCCCCCOC(=O)CCN(C)CCC(=O)OCCCCCCCCCCCCOC. The molecule has 0 radical (unpaired) electrons. The van der Waals surface area contributed by atoms with E-state index in [1.807, 2.05) is 267 Å². The summed E-state index contributed by atoms with van der Waals surface area (Å²) in [4.78, 5) is 75.7. The first-order valence-electron chi connectivity index (χ1n) is 49.8. The second-order valence-electron chi connectivity index (χ2n) is 31.0. The Bertz CT molecular complexity index is 3770. The largest absolute Gasteiger partial charge is 0.466 e. The number of Topliss-reactive ketones (excluding diaryl/α,β-unsaturated/α-hetero) is 1. The Morgan fingerprint density at radius 1 is 0.257 bits per heavy atom. The van der Waals surface area contributed by atoms with E-state index < -0.39 is 5.97 Å². The van der Waals surface area contributed by atoms with Gasteiger partial charge in [0.25, 0.3) is 0 Å². The van der Waals surface area contributed by atoms with E-state index in [-0.39, 0.29) is 39.2 Å². The molecule has 24 heteroatoms. The number of benzene rings is 8. The minimum Gasteiger partial charge on any atom is -0.466 e. The highest BCUT2D eigenvalue weighted by atomic mass is 16.6. The predicted octanol–water partition coefficient (Wildman–Crippen LogP) is 24.6. The van der Waals surface area contributed by atoms with Gasteiger partial charge in [-0.2, -0.15) is 0 Å². The molecule has 8 N–H and O–H groups in total. The van der Waals surface area contributed by atoms with Crippen LogP contribution in [0, 0.1) is 0 Å². The summed E-state index contributed by atoms with van der Waals surface area (Å²) in [5.41, 5.74) is 34.8. The van der Waals surface area contributed by atoms with Gasteiger partial charge in [-0.05, 0) is 155 Å². The molecule has 0 unspecified atom stereocenters. The van der Waals surface area contributed by atoms with Crippen molar-refractivity contribution in [3.8, 4) is 0 Å². The van der Waals surface area contributed by atoms with Crippen LogP contribution in [0.5, 0.6) is 0 Å². The average molecular weight is 2000 g/mol. The molecule has 0 saturated heterocycles. The van der Waals surface area contributed by atoms with Crippen molar-refractivity contribution in [3.05, 3.63) is 300 Å². The second kappa shape index (κ2) is 117. The highest BCUT2D eigenvalue weighted by molar-refractivity contribution is 6.01. The van der Waals surface area contributed by atoms with Gasteiger partial charge in [0.1, 0.15) is 6.61 Å². The van der Waals surface area contributed by atoms with Crippen LogP contribution in [0.1, 0.15) is 261 Å². The summed E-state index contributed by atoms with van der Waals surface area (Å²) in [6.45, 7) is 25.7. The average Bonchev–Trinajstić information content (AvgIpc) is 0.939. The number of hydrogen-bond donors (Lipinski definition) is 4. The highest BCUT2D eigenvalue weighted by Crippen LogP contribution is 2.14. The molecule has 0 aromatic heterocycles. The summed E-state index contributed by atoms with van der Waals surface area (Å²) < 4.78 is 40.7. The number of carbonyl (C=O) groups is 4. The van der Waals surface area contributed by atoms with Gasteiger partial charge in [0.05, 0.1) is 59.1 Å². The molecule has 808 valence electrons. The van der Waals surface area contributed by atoms with Crippen LogP contribution < -0.4 is 22.9 Å². The van der Waals surface area contributed by atoms with Crippen LogP contribution in [0.25, 0.3) is 0 Å². The molecule has 8 rings (SSSR count). The van der Waals surface area contributed by atoms with Gasteiger partial charge in [-0.1, -0.05) is 367 Å². The molecule has 8 aromatic carbocycles. The van der Waals surface area contributed by atoms with Gasteiger partial charge in [-0.15, -0.1) is 0 Å². The molecule has 0 heterocycles. The quantitative estimate of drug-likeness (QED) is 0.00687. The fraction of sp³-hybridized carbons (Fsp3) is 0.492. The second-order valence-corrected chi connectivity index (χ2v) is 31.0. The van der Waals surface area contributed by atoms with Crippen molar-refractivity contribution < 1.29 is 57.1 Å². The van der Waals surface area contributed by atoms with Crippen LogP contribution in [0.15, 0.2) is 290 Å². The maximum atomic E-state index is 12.0. The topological polar surface area (TPSA) is 336 Å². The number of ketones is 1. The van der Waals surface area contributed by atoms with Crippen LogP contribution in [0.3, 0.4) is 0 Å². The number of nitrogens with two attached hydrogens (primary N) is 4. The molecule has 24 nitrogen and oxygen atoms in total. The molecule has 0 saturated carbocycles. The molecular formula is C120H196N12O12. The molecule has 8 aromatic rings. The fourth-order valence-corrected chi connectivity index (χ4v) is 11.8. The van der Waals surface area contributed by atoms with Crippen molar-refractivity contribution in [2.75, 3.05) is 185 Å².